The second-order valence-electron chi connectivity index (χ2n) is 10.3. The first-order chi connectivity index (χ1) is 14.4. The summed E-state index contributed by atoms with van der Waals surface area (Å²) >= 11 is 0. The van der Waals surface area contributed by atoms with E-state index in [1.54, 1.807) is 20.8 Å². The average Bonchev–Trinajstić information content (AvgIpc) is 2.93. The Labute approximate surface area is 183 Å². The van der Waals surface area contributed by atoms with Crippen LogP contribution in [0.3, 0.4) is 0 Å². The number of rotatable bonds is 6. The Bertz CT molecular complexity index is 612. The van der Waals surface area contributed by atoms with E-state index < -0.39 is 47.7 Å². The van der Waals surface area contributed by atoms with E-state index in [0.29, 0.717) is 25.7 Å². The van der Waals surface area contributed by atoms with Gasteiger partial charge in [-0.05, 0) is 77.6 Å². The molecule has 0 spiro atoms. The van der Waals surface area contributed by atoms with Crippen LogP contribution in [-0.2, 0) is 14.2 Å². The minimum Gasteiger partial charge on any atom is -0.393 e. The molecule has 3 rings (SSSR count). The number of ether oxygens (including phenoxy) is 3. The molecule has 2 saturated carbocycles. The highest BCUT2D eigenvalue weighted by Gasteiger charge is 2.56. The normalized spacial score (nSPS) is 50.5. The van der Waals surface area contributed by atoms with Crippen molar-refractivity contribution in [2.75, 3.05) is 13.2 Å². The topological polar surface area (TPSA) is 149 Å². The molecule has 0 aromatic rings. The van der Waals surface area contributed by atoms with E-state index >= 15 is 0 Å². The molecule has 0 aromatic carbocycles. The van der Waals surface area contributed by atoms with Gasteiger partial charge >= 0.3 is 0 Å². The molecule has 1 heterocycles. The molecule has 0 bridgehead atoms. The van der Waals surface area contributed by atoms with E-state index in [9.17, 15) is 30.6 Å². The van der Waals surface area contributed by atoms with Gasteiger partial charge in [-0.3, -0.25) is 0 Å². The third-order valence-electron chi connectivity index (χ3n) is 8.00. The molecule has 182 valence electrons. The van der Waals surface area contributed by atoms with Crippen LogP contribution < -0.4 is 0 Å². The monoisotopic (exact) mass is 448 g/mol. The van der Waals surface area contributed by atoms with Gasteiger partial charge in [0, 0.05) is 6.61 Å². The molecule has 0 unspecified atom stereocenters. The van der Waals surface area contributed by atoms with Crippen LogP contribution in [0.5, 0.6) is 0 Å². The van der Waals surface area contributed by atoms with Crippen molar-refractivity contribution in [3.05, 3.63) is 0 Å². The van der Waals surface area contributed by atoms with Crippen molar-refractivity contribution in [1.82, 2.24) is 0 Å². The Balaban J connectivity index is 1.82. The fourth-order valence-corrected chi connectivity index (χ4v) is 5.81. The first kappa shape index (κ1) is 25.3. The van der Waals surface area contributed by atoms with Crippen LogP contribution in [0, 0.1) is 17.8 Å². The molecule has 2 aliphatic carbocycles. The van der Waals surface area contributed by atoms with Gasteiger partial charge in [0.05, 0.1) is 23.4 Å². The van der Waals surface area contributed by atoms with Gasteiger partial charge in [0.15, 0.2) is 12.6 Å². The molecule has 9 heteroatoms. The standard InChI is InChI=1S/C22H40O9/c1-5-29-18-16(25)15(24)17(26)19(30-18)31-22(4,11-23)12-6-8-20(2,27)13-7-9-21(3,28)14(13)10-12/h12-19,23-28H,5-11H2,1-4H3/t12-,13-,14-,15+,16+,17+,18+,19-,20-,21-,22+/m1/s1. The Morgan fingerprint density at radius 2 is 1.52 bits per heavy atom. The zero-order valence-electron chi connectivity index (χ0n) is 19.0. The molecule has 31 heavy (non-hydrogen) atoms. The van der Waals surface area contributed by atoms with Crippen LogP contribution >= 0.6 is 0 Å². The number of aliphatic hydroxyl groups is 6. The molecule has 3 aliphatic rings. The van der Waals surface area contributed by atoms with Crippen LogP contribution in [-0.4, -0.2) is 91.5 Å². The lowest BCUT2D eigenvalue weighted by Gasteiger charge is -2.45. The summed E-state index contributed by atoms with van der Waals surface area (Å²) in [5.41, 5.74) is -3.03. The predicted molar refractivity (Wildman–Crippen MR) is 110 cm³/mol. The summed E-state index contributed by atoms with van der Waals surface area (Å²) in [6, 6.07) is 0. The van der Waals surface area contributed by atoms with Crippen molar-refractivity contribution in [2.45, 2.75) is 107 Å². The van der Waals surface area contributed by atoms with Crippen molar-refractivity contribution >= 4 is 0 Å². The van der Waals surface area contributed by atoms with Crippen molar-refractivity contribution in [2.24, 2.45) is 17.8 Å². The van der Waals surface area contributed by atoms with Gasteiger partial charge in [0.1, 0.15) is 18.3 Å². The van der Waals surface area contributed by atoms with Crippen LogP contribution in [0.15, 0.2) is 0 Å². The highest BCUT2D eigenvalue weighted by atomic mass is 16.8. The van der Waals surface area contributed by atoms with E-state index in [0.717, 1.165) is 6.42 Å². The van der Waals surface area contributed by atoms with Gasteiger partial charge in [-0.1, -0.05) is 0 Å². The molecule has 0 radical (unpaired) electrons. The van der Waals surface area contributed by atoms with Crippen molar-refractivity contribution in [3.8, 4) is 0 Å². The minimum atomic E-state index is -1.53. The molecule has 0 aromatic heterocycles. The van der Waals surface area contributed by atoms with Crippen LogP contribution in [0.2, 0.25) is 0 Å². The second-order valence-corrected chi connectivity index (χ2v) is 10.3. The Morgan fingerprint density at radius 1 is 0.935 bits per heavy atom. The molecule has 9 nitrogen and oxygen atoms in total. The first-order valence-electron chi connectivity index (χ1n) is 11.4. The largest absolute Gasteiger partial charge is 0.393 e. The maximum atomic E-state index is 11.1. The van der Waals surface area contributed by atoms with Crippen LogP contribution in [0.4, 0.5) is 0 Å². The van der Waals surface area contributed by atoms with Gasteiger partial charge in [-0.15, -0.1) is 0 Å². The fraction of sp³-hybridized carbons (Fsp3) is 1.00. The summed E-state index contributed by atoms with van der Waals surface area (Å²) in [7, 11) is 0. The lowest BCUT2D eigenvalue weighted by atomic mass is 9.74. The third-order valence-corrected chi connectivity index (χ3v) is 8.00. The molecule has 0 amide bonds. The number of fused-ring (bicyclic) bond motifs is 1. The van der Waals surface area contributed by atoms with E-state index in [-0.39, 0.29) is 31.0 Å². The van der Waals surface area contributed by atoms with Gasteiger partial charge in [0.2, 0.25) is 0 Å². The zero-order chi connectivity index (χ0) is 23.2. The SMILES string of the molecule is CCO[C@H]1O[C@H](O[C@@](C)(CO)[C@@H]2CC[C@@](C)(O)[C@@H]3CC[C@@](C)(O)[C@@H]3C2)[C@@H](O)[C@@H](O)[C@@H]1O. The molecular weight excluding hydrogens is 408 g/mol. The molecule has 11 atom stereocenters. The minimum absolute atomic E-state index is 0.0498. The molecular formula is C22H40O9. The first-order valence-corrected chi connectivity index (χ1v) is 11.4. The highest BCUT2D eigenvalue weighted by molar-refractivity contribution is 5.05. The Morgan fingerprint density at radius 3 is 2.13 bits per heavy atom. The summed E-state index contributed by atoms with van der Waals surface area (Å²) in [6.45, 7) is 6.87. The maximum Gasteiger partial charge on any atom is 0.190 e. The summed E-state index contributed by atoms with van der Waals surface area (Å²) in [5, 5.41) is 63.1. The van der Waals surface area contributed by atoms with E-state index in [1.165, 1.54) is 0 Å². The summed E-state index contributed by atoms with van der Waals surface area (Å²) in [6.07, 6.45) is -4.08. The number of hydrogen-bond acceptors (Lipinski definition) is 9. The molecule has 1 aliphatic heterocycles. The zero-order valence-corrected chi connectivity index (χ0v) is 19.0. The van der Waals surface area contributed by atoms with Crippen LogP contribution in [0.25, 0.3) is 0 Å². The van der Waals surface area contributed by atoms with E-state index in [4.69, 9.17) is 14.2 Å². The van der Waals surface area contributed by atoms with Crippen LogP contribution in [0.1, 0.15) is 59.8 Å². The van der Waals surface area contributed by atoms with Crippen molar-refractivity contribution in [3.63, 3.8) is 0 Å². The van der Waals surface area contributed by atoms with Crippen molar-refractivity contribution in [1.29, 1.82) is 0 Å². The number of aliphatic hydroxyl groups excluding tert-OH is 4. The molecule has 6 N–H and O–H groups in total. The highest BCUT2D eigenvalue weighted by Crippen LogP contribution is 2.54. The average molecular weight is 449 g/mol. The second kappa shape index (κ2) is 9.12. The maximum absolute atomic E-state index is 11.1. The number of hydrogen-bond donors (Lipinski definition) is 6. The summed E-state index contributed by atoms with van der Waals surface area (Å²) < 4.78 is 17.0. The molecule has 1 saturated heterocycles. The third kappa shape index (κ3) is 4.81. The predicted octanol–water partition coefficient (Wildman–Crippen LogP) is -0.116. The fourth-order valence-electron chi connectivity index (χ4n) is 5.81. The van der Waals surface area contributed by atoms with Crippen molar-refractivity contribution < 1.29 is 44.8 Å². The van der Waals surface area contributed by atoms with E-state index in [2.05, 4.69) is 0 Å². The lowest BCUT2D eigenvalue weighted by Crippen LogP contribution is -2.61. The molecule has 3 fully saturated rings. The van der Waals surface area contributed by atoms with E-state index in [1.807, 2.05) is 6.92 Å². The lowest BCUT2D eigenvalue weighted by molar-refractivity contribution is -0.372. The Hall–Kier alpha value is -0.360. The summed E-state index contributed by atoms with van der Waals surface area (Å²) in [5.74, 6) is -0.453. The van der Waals surface area contributed by atoms with Gasteiger partial charge in [-0.25, -0.2) is 0 Å². The Kier molecular flexibility index (Phi) is 7.43. The smallest absolute Gasteiger partial charge is 0.190 e. The van der Waals surface area contributed by atoms with Gasteiger partial charge in [-0.2, -0.15) is 0 Å². The van der Waals surface area contributed by atoms with Gasteiger partial charge in [0.25, 0.3) is 0 Å². The van der Waals surface area contributed by atoms with Gasteiger partial charge < -0.3 is 44.8 Å². The quantitative estimate of drug-likeness (QED) is 0.327. The summed E-state index contributed by atoms with van der Waals surface area (Å²) in [4.78, 5) is 0.